The van der Waals surface area contributed by atoms with Gasteiger partial charge in [0.2, 0.25) is 11.8 Å². The fraction of sp³-hybridized carbons (Fsp3) is 0.290. The van der Waals surface area contributed by atoms with Crippen LogP contribution in [0, 0.1) is 17.8 Å². The molecule has 41 heavy (non-hydrogen) atoms. The lowest BCUT2D eigenvalue weighted by atomic mass is 9.56. The number of hydrogen-bond donors (Lipinski definition) is 1. The Balaban J connectivity index is 1.47. The highest BCUT2D eigenvalue weighted by molar-refractivity contribution is 9.09. The zero-order valence-corrected chi connectivity index (χ0v) is 24.6. The SMILES string of the molecule is O=C1[C@H]2[C@H](CC=C3[C@H]2C[C@@]2(Cl)C(=O)N(CBr)C(=O)[C@@]2(Cl)[C@H]3c2c(O)ccc3ccccc23)C(=O)N1c1ccccc1. The summed E-state index contributed by atoms with van der Waals surface area (Å²) in [4.78, 5) is 53.8. The Morgan fingerprint density at radius 3 is 2.32 bits per heavy atom. The first-order valence-electron chi connectivity index (χ1n) is 13.3. The summed E-state index contributed by atoms with van der Waals surface area (Å²) in [6.07, 6.45) is 2.01. The molecule has 3 fully saturated rings. The fourth-order valence-electron chi connectivity index (χ4n) is 7.49. The van der Waals surface area contributed by atoms with Crippen LogP contribution in [0.15, 0.2) is 78.4 Å². The molecule has 6 atom stereocenters. The van der Waals surface area contributed by atoms with Gasteiger partial charge in [-0.3, -0.25) is 29.0 Å². The van der Waals surface area contributed by atoms with Gasteiger partial charge in [0.15, 0.2) is 9.75 Å². The van der Waals surface area contributed by atoms with Crippen molar-refractivity contribution in [2.45, 2.75) is 28.5 Å². The molecule has 2 saturated heterocycles. The van der Waals surface area contributed by atoms with E-state index in [0.717, 1.165) is 10.3 Å². The lowest BCUT2D eigenvalue weighted by Crippen LogP contribution is -2.60. The number of nitrogens with zero attached hydrogens (tertiary/aromatic N) is 2. The van der Waals surface area contributed by atoms with E-state index in [0.29, 0.717) is 22.2 Å². The summed E-state index contributed by atoms with van der Waals surface area (Å²) in [5, 5.41) is 12.8. The number of alkyl halides is 3. The number of amides is 4. The van der Waals surface area contributed by atoms with Crippen LogP contribution in [0.4, 0.5) is 5.69 Å². The van der Waals surface area contributed by atoms with Gasteiger partial charge in [-0.2, -0.15) is 0 Å². The molecule has 10 heteroatoms. The Morgan fingerprint density at radius 1 is 0.878 bits per heavy atom. The van der Waals surface area contributed by atoms with Gasteiger partial charge in [-0.15, -0.1) is 23.2 Å². The molecule has 4 aliphatic rings. The average Bonchev–Trinajstić information content (AvgIpc) is 3.31. The second kappa shape index (κ2) is 9.15. The molecular weight excluding hydrogens is 631 g/mol. The Labute approximate surface area is 253 Å². The van der Waals surface area contributed by atoms with Gasteiger partial charge < -0.3 is 5.11 Å². The second-order valence-corrected chi connectivity index (χ2v) is 12.8. The van der Waals surface area contributed by atoms with Crippen molar-refractivity contribution in [1.82, 2.24) is 4.90 Å². The molecule has 4 amide bonds. The third-order valence-electron chi connectivity index (χ3n) is 9.27. The predicted octanol–water partition coefficient (Wildman–Crippen LogP) is 5.46. The van der Waals surface area contributed by atoms with Gasteiger partial charge in [0.25, 0.3) is 11.8 Å². The lowest BCUT2D eigenvalue weighted by molar-refractivity contribution is -0.138. The summed E-state index contributed by atoms with van der Waals surface area (Å²) in [6.45, 7) is 0. The number of para-hydroxylation sites is 1. The van der Waals surface area contributed by atoms with Crippen molar-refractivity contribution in [2.24, 2.45) is 17.8 Å². The molecule has 1 saturated carbocycles. The van der Waals surface area contributed by atoms with Crippen molar-refractivity contribution in [1.29, 1.82) is 0 Å². The third kappa shape index (κ3) is 3.32. The zero-order valence-electron chi connectivity index (χ0n) is 21.5. The van der Waals surface area contributed by atoms with Crippen molar-refractivity contribution in [3.63, 3.8) is 0 Å². The first-order valence-corrected chi connectivity index (χ1v) is 15.2. The Hall–Kier alpha value is -3.20. The second-order valence-electron chi connectivity index (χ2n) is 11.1. The average molecular weight is 654 g/mol. The van der Waals surface area contributed by atoms with Crippen LogP contribution in [0.3, 0.4) is 0 Å². The molecule has 3 aromatic rings. The maximum atomic E-state index is 14.1. The van der Waals surface area contributed by atoms with Crippen LogP contribution >= 0.6 is 39.1 Å². The van der Waals surface area contributed by atoms with Gasteiger partial charge in [-0.25, -0.2) is 0 Å². The summed E-state index contributed by atoms with van der Waals surface area (Å²) < 4.78 is 0. The van der Waals surface area contributed by atoms with Crippen LogP contribution in [-0.2, 0) is 19.2 Å². The fourth-order valence-corrected chi connectivity index (χ4v) is 8.90. The van der Waals surface area contributed by atoms with E-state index in [1.54, 1.807) is 36.4 Å². The van der Waals surface area contributed by atoms with E-state index in [4.69, 9.17) is 23.2 Å². The quantitative estimate of drug-likeness (QED) is 0.175. The van der Waals surface area contributed by atoms with E-state index in [2.05, 4.69) is 15.9 Å². The Bertz CT molecular complexity index is 1710. The number of likely N-dealkylation sites (tertiary alicyclic amines) is 1. The van der Waals surface area contributed by atoms with Gasteiger partial charge in [-0.05, 0) is 47.7 Å². The van der Waals surface area contributed by atoms with E-state index >= 15 is 0 Å². The monoisotopic (exact) mass is 652 g/mol. The molecule has 7 nitrogen and oxygen atoms in total. The minimum absolute atomic E-state index is 0.103. The number of allylic oxidation sites excluding steroid dienone is 2. The van der Waals surface area contributed by atoms with Gasteiger partial charge in [0, 0.05) is 11.5 Å². The van der Waals surface area contributed by atoms with Gasteiger partial charge in [-0.1, -0.05) is 76.1 Å². The summed E-state index contributed by atoms with van der Waals surface area (Å²) in [5.41, 5.74) is 1.36. The van der Waals surface area contributed by atoms with Gasteiger partial charge >= 0.3 is 0 Å². The molecular formula is C31H23BrCl2N2O5. The molecule has 1 N–H and O–H groups in total. The predicted molar refractivity (Wildman–Crippen MR) is 158 cm³/mol. The number of fused-ring (bicyclic) bond motifs is 5. The first kappa shape index (κ1) is 26.7. The molecule has 7 rings (SSSR count). The van der Waals surface area contributed by atoms with E-state index < -0.39 is 45.2 Å². The van der Waals surface area contributed by atoms with E-state index in [1.165, 1.54) is 11.0 Å². The van der Waals surface area contributed by atoms with Gasteiger partial charge in [0.1, 0.15) is 5.75 Å². The standard InChI is InChI=1S/C31H23BrCl2N2O5/c32-15-35-28(40)30(33)14-21-19(11-12-20-23(21)27(39)36(26(20)38)17-7-2-1-3-8-17)25(31(30,34)29(35)41)24-18-9-5-4-6-16(18)10-13-22(24)37/h1-11,13,20-21,23,25,37H,12,14-15H2/t20-,21+,23-,25+,30+,31-/m0/s1. The number of benzene rings is 3. The molecule has 0 unspecified atom stereocenters. The molecule has 3 aromatic carbocycles. The maximum Gasteiger partial charge on any atom is 0.254 e. The highest BCUT2D eigenvalue weighted by Crippen LogP contribution is 2.66. The van der Waals surface area contributed by atoms with E-state index in [1.807, 2.05) is 30.3 Å². The third-order valence-corrected chi connectivity index (χ3v) is 11.2. The minimum atomic E-state index is -1.99. The number of aromatic hydroxyl groups is 1. The van der Waals surface area contributed by atoms with Crippen molar-refractivity contribution < 1.29 is 24.3 Å². The maximum absolute atomic E-state index is 14.1. The molecule has 0 radical (unpaired) electrons. The van der Waals surface area contributed by atoms with Crippen molar-refractivity contribution in [3.8, 4) is 5.75 Å². The molecule has 208 valence electrons. The number of hydrogen-bond acceptors (Lipinski definition) is 5. The molecule has 2 aliphatic carbocycles. The van der Waals surface area contributed by atoms with Crippen molar-refractivity contribution in [2.75, 3.05) is 10.4 Å². The van der Waals surface area contributed by atoms with Gasteiger partial charge in [0.05, 0.1) is 23.0 Å². The summed E-state index contributed by atoms with van der Waals surface area (Å²) >= 11 is 17.9. The normalized spacial score (nSPS) is 32.7. The lowest BCUT2D eigenvalue weighted by Gasteiger charge is -2.51. The van der Waals surface area contributed by atoms with Crippen LogP contribution in [-0.4, -0.2) is 48.8 Å². The summed E-state index contributed by atoms with van der Waals surface area (Å²) in [6, 6.07) is 19.4. The minimum Gasteiger partial charge on any atom is -0.508 e. The number of imide groups is 2. The van der Waals surface area contributed by atoms with Crippen LogP contribution < -0.4 is 4.90 Å². The molecule has 2 aliphatic heterocycles. The topological polar surface area (TPSA) is 95.0 Å². The molecule has 2 heterocycles. The number of phenols is 1. The highest BCUT2D eigenvalue weighted by atomic mass is 79.9. The van der Waals surface area contributed by atoms with Crippen molar-refractivity contribution in [3.05, 3.63) is 83.9 Å². The Kier molecular flexibility index (Phi) is 5.95. The number of halogens is 3. The largest absolute Gasteiger partial charge is 0.508 e. The molecule has 0 spiro atoms. The number of phenolic OH excluding ortho intramolecular Hbond substituents is 1. The highest BCUT2D eigenvalue weighted by Gasteiger charge is 2.76. The van der Waals surface area contributed by atoms with Crippen LogP contribution in [0.25, 0.3) is 10.8 Å². The number of rotatable bonds is 3. The van der Waals surface area contributed by atoms with E-state index in [-0.39, 0.29) is 35.9 Å². The van der Waals surface area contributed by atoms with Crippen molar-refractivity contribution >= 4 is 79.2 Å². The van der Waals surface area contributed by atoms with Crippen LogP contribution in [0.5, 0.6) is 5.75 Å². The first-order chi connectivity index (χ1) is 19.6. The molecule has 0 aromatic heterocycles. The number of carbonyl (C=O) groups excluding carboxylic acids is 4. The molecule has 0 bridgehead atoms. The van der Waals surface area contributed by atoms with E-state index in [9.17, 15) is 24.3 Å². The Morgan fingerprint density at radius 2 is 1.59 bits per heavy atom. The number of anilines is 1. The van der Waals surface area contributed by atoms with Crippen LogP contribution in [0.1, 0.15) is 24.3 Å². The number of carbonyl (C=O) groups is 4. The summed E-state index contributed by atoms with van der Waals surface area (Å²) in [5.74, 6) is -5.30. The van der Waals surface area contributed by atoms with Crippen LogP contribution in [0.2, 0.25) is 0 Å². The zero-order chi connectivity index (χ0) is 28.8. The smallest absolute Gasteiger partial charge is 0.254 e. The summed E-state index contributed by atoms with van der Waals surface area (Å²) in [7, 11) is 0.